The lowest BCUT2D eigenvalue weighted by Gasteiger charge is -2.16. The van der Waals surface area contributed by atoms with E-state index in [1.165, 1.54) is 0 Å². The standard InChI is InChI=1S/C15H19BrN4O2/c1-10-3-4-13-12(7-10)14(19-22-13)15(21)17-5-2-6-20-9-11(16)8-18-20/h8-10H,2-7H2,1H3,(H,17,21)/t10-/m1/s1. The zero-order chi connectivity index (χ0) is 15.5. The predicted molar refractivity (Wildman–Crippen MR) is 84.6 cm³/mol. The SMILES string of the molecule is C[C@@H]1CCc2onc(C(=O)NCCCn3cc(Br)cn3)c2C1. The maximum Gasteiger partial charge on any atom is 0.273 e. The molecule has 7 heteroatoms. The molecule has 0 spiro atoms. The Kier molecular flexibility index (Phi) is 4.61. The van der Waals surface area contributed by atoms with Crippen LogP contribution >= 0.6 is 15.9 Å². The quantitative estimate of drug-likeness (QED) is 0.825. The summed E-state index contributed by atoms with van der Waals surface area (Å²) in [6, 6.07) is 0. The molecule has 118 valence electrons. The third-order valence-electron chi connectivity index (χ3n) is 3.95. The van der Waals surface area contributed by atoms with Crippen molar-refractivity contribution in [2.24, 2.45) is 5.92 Å². The summed E-state index contributed by atoms with van der Waals surface area (Å²) in [5.74, 6) is 1.32. The van der Waals surface area contributed by atoms with E-state index in [1.54, 1.807) is 6.20 Å². The summed E-state index contributed by atoms with van der Waals surface area (Å²) in [4.78, 5) is 12.2. The molecule has 0 aromatic carbocycles. The predicted octanol–water partition coefficient (Wildman–Crippen LogP) is 2.58. The smallest absolute Gasteiger partial charge is 0.273 e. The van der Waals surface area contributed by atoms with Gasteiger partial charge in [0.25, 0.3) is 5.91 Å². The zero-order valence-corrected chi connectivity index (χ0v) is 14.1. The summed E-state index contributed by atoms with van der Waals surface area (Å²) in [5.41, 5.74) is 1.45. The van der Waals surface area contributed by atoms with Crippen LogP contribution in [-0.2, 0) is 19.4 Å². The fraction of sp³-hybridized carbons (Fsp3) is 0.533. The van der Waals surface area contributed by atoms with E-state index in [0.717, 1.165) is 48.0 Å². The number of hydrogen-bond acceptors (Lipinski definition) is 4. The van der Waals surface area contributed by atoms with Gasteiger partial charge in [0.15, 0.2) is 5.69 Å². The average molecular weight is 367 g/mol. The van der Waals surface area contributed by atoms with E-state index in [-0.39, 0.29) is 5.91 Å². The van der Waals surface area contributed by atoms with Gasteiger partial charge in [0.2, 0.25) is 0 Å². The van der Waals surface area contributed by atoms with Gasteiger partial charge in [0.05, 0.1) is 10.7 Å². The highest BCUT2D eigenvalue weighted by Crippen LogP contribution is 2.27. The van der Waals surface area contributed by atoms with E-state index in [0.29, 0.717) is 18.2 Å². The number of hydrogen-bond donors (Lipinski definition) is 1. The molecule has 0 saturated carbocycles. The van der Waals surface area contributed by atoms with Crippen LogP contribution in [0.4, 0.5) is 0 Å². The summed E-state index contributed by atoms with van der Waals surface area (Å²) in [6.07, 6.45) is 7.34. The van der Waals surface area contributed by atoms with Gasteiger partial charge in [-0.25, -0.2) is 0 Å². The molecule has 3 rings (SSSR count). The molecule has 22 heavy (non-hydrogen) atoms. The Morgan fingerprint density at radius 3 is 3.23 bits per heavy atom. The van der Waals surface area contributed by atoms with Gasteiger partial charge in [0, 0.05) is 31.3 Å². The van der Waals surface area contributed by atoms with Crippen LogP contribution in [0.25, 0.3) is 0 Å². The van der Waals surface area contributed by atoms with Gasteiger partial charge in [-0.1, -0.05) is 12.1 Å². The summed E-state index contributed by atoms with van der Waals surface area (Å²) in [6.45, 7) is 3.55. The van der Waals surface area contributed by atoms with Crippen molar-refractivity contribution in [1.82, 2.24) is 20.3 Å². The Morgan fingerprint density at radius 1 is 1.59 bits per heavy atom. The molecule has 0 fully saturated rings. The molecule has 1 N–H and O–H groups in total. The number of carbonyl (C=O) groups is 1. The van der Waals surface area contributed by atoms with Crippen LogP contribution in [0.1, 0.15) is 41.6 Å². The molecule has 6 nitrogen and oxygen atoms in total. The molecule has 1 atom stereocenters. The number of nitrogens with one attached hydrogen (secondary N) is 1. The second kappa shape index (κ2) is 6.64. The Labute approximate surface area is 137 Å². The summed E-state index contributed by atoms with van der Waals surface area (Å²) < 4.78 is 8.11. The van der Waals surface area contributed by atoms with Crippen LogP contribution < -0.4 is 5.32 Å². The Morgan fingerprint density at radius 2 is 2.45 bits per heavy atom. The summed E-state index contributed by atoms with van der Waals surface area (Å²) in [7, 11) is 0. The minimum atomic E-state index is -0.138. The van der Waals surface area contributed by atoms with E-state index >= 15 is 0 Å². The van der Waals surface area contributed by atoms with Gasteiger partial charge in [0.1, 0.15) is 5.76 Å². The lowest BCUT2D eigenvalue weighted by atomic mass is 9.88. The van der Waals surface area contributed by atoms with E-state index in [9.17, 15) is 4.79 Å². The first kappa shape index (κ1) is 15.3. The first-order chi connectivity index (χ1) is 10.6. The van der Waals surface area contributed by atoms with Gasteiger partial charge in [-0.3, -0.25) is 9.48 Å². The average Bonchev–Trinajstić information content (AvgIpc) is 3.09. The number of rotatable bonds is 5. The Hall–Kier alpha value is -1.63. The van der Waals surface area contributed by atoms with Crippen molar-refractivity contribution in [3.05, 3.63) is 33.9 Å². The van der Waals surface area contributed by atoms with Crippen molar-refractivity contribution in [3.63, 3.8) is 0 Å². The lowest BCUT2D eigenvalue weighted by Crippen LogP contribution is -2.27. The molecule has 1 amide bonds. The second-order valence-corrected chi connectivity index (χ2v) is 6.73. The van der Waals surface area contributed by atoms with E-state index in [1.807, 2.05) is 10.9 Å². The van der Waals surface area contributed by atoms with Crippen molar-refractivity contribution in [1.29, 1.82) is 0 Å². The number of amides is 1. The first-order valence-corrected chi connectivity index (χ1v) is 8.36. The van der Waals surface area contributed by atoms with Crippen molar-refractivity contribution in [2.45, 2.75) is 39.2 Å². The van der Waals surface area contributed by atoms with Crippen LogP contribution in [0.3, 0.4) is 0 Å². The highest BCUT2D eigenvalue weighted by molar-refractivity contribution is 9.10. The number of aromatic nitrogens is 3. The minimum Gasteiger partial charge on any atom is -0.360 e. The number of nitrogens with zero attached hydrogens (tertiary/aromatic N) is 3. The largest absolute Gasteiger partial charge is 0.360 e. The van der Waals surface area contributed by atoms with Gasteiger partial charge < -0.3 is 9.84 Å². The highest BCUT2D eigenvalue weighted by atomic mass is 79.9. The van der Waals surface area contributed by atoms with Gasteiger partial charge in [-0.15, -0.1) is 0 Å². The summed E-state index contributed by atoms with van der Waals surface area (Å²) >= 11 is 3.36. The van der Waals surface area contributed by atoms with Crippen LogP contribution in [0.5, 0.6) is 0 Å². The molecule has 0 radical (unpaired) electrons. The molecule has 0 unspecified atom stereocenters. The third-order valence-corrected chi connectivity index (χ3v) is 4.36. The van der Waals surface area contributed by atoms with Crippen molar-refractivity contribution in [3.8, 4) is 0 Å². The normalized spacial score (nSPS) is 17.3. The number of carbonyl (C=O) groups excluding carboxylic acids is 1. The van der Waals surface area contributed by atoms with Crippen molar-refractivity contribution < 1.29 is 9.32 Å². The number of aryl methyl sites for hydroxylation is 2. The maximum absolute atomic E-state index is 12.2. The molecule has 1 aliphatic carbocycles. The lowest BCUT2D eigenvalue weighted by molar-refractivity contribution is 0.0942. The molecule has 1 aliphatic rings. The monoisotopic (exact) mass is 366 g/mol. The Bertz CT molecular complexity index is 664. The van der Waals surface area contributed by atoms with Gasteiger partial charge in [-0.05, 0) is 41.1 Å². The molecule has 2 heterocycles. The highest BCUT2D eigenvalue weighted by Gasteiger charge is 2.26. The van der Waals surface area contributed by atoms with Gasteiger partial charge >= 0.3 is 0 Å². The molecule has 0 aliphatic heterocycles. The fourth-order valence-electron chi connectivity index (χ4n) is 2.74. The fourth-order valence-corrected chi connectivity index (χ4v) is 3.07. The zero-order valence-electron chi connectivity index (χ0n) is 12.5. The number of fused-ring (bicyclic) bond motifs is 1. The number of halogens is 1. The van der Waals surface area contributed by atoms with Crippen molar-refractivity contribution in [2.75, 3.05) is 6.54 Å². The topological polar surface area (TPSA) is 73.0 Å². The third kappa shape index (κ3) is 3.40. The van der Waals surface area contributed by atoms with E-state index in [4.69, 9.17) is 4.52 Å². The van der Waals surface area contributed by atoms with Crippen molar-refractivity contribution >= 4 is 21.8 Å². The molecular formula is C15H19BrN4O2. The minimum absolute atomic E-state index is 0.138. The van der Waals surface area contributed by atoms with Crippen LogP contribution in [0.2, 0.25) is 0 Å². The second-order valence-electron chi connectivity index (χ2n) is 5.81. The molecule has 0 saturated heterocycles. The van der Waals surface area contributed by atoms with Crippen LogP contribution in [-0.4, -0.2) is 27.4 Å². The molecular weight excluding hydrogens is 348 g/mol. The first-order valence-electron chi connectivity index (χ1n) is 7.57. The molecule has 2 aromatic heterocycles. The summed E-state index contributed by atoms with van der Waals surface area (Å²) in [5, 5.41) is 11.1. The molecule has 2 aromatic rings. The molecule has 0 bridgehead atoms. The van der Waals surface area contributed by atoms with Crippen LogP contribution in [0, 0.1) is 5.92 Å². The van der Waals surface area contributed by atoms with Gasteiger partial charge in [-0.2, -0.15) is 5.10 Å². The van der Waals surface area contributed by atoms with E-state index < -0.39 is 0 Å². The maximum atomic E-state index is 12.2. The Balaban J connectivity index is 1.51. The van der Waals surface area contributed by atoms with Crippen LogP contribution in [0.15, 0.2) is 21.4 Å². The van der Waals surface area contributed by atoms with E-state index in [2.05, 4.69) is 38.4 Å².